The summed E-state index contributed by atoms with van der Waals surface area (Å²) >= 11 is 0. The summed E-state index contributed by atoms with van der Waals surface area (Å²) in [7, 11) is -5.48. The monoisotopic (exact) mass is 455 g/mol. The zero-order chi connectivity index (χ0) is 19.3. The average molecular weight is 457 g/mol. The van der Waals surface area contributed by atoms with E-state index >= 15 is 0 Å². The summed E-state index contributed by atoms with van der Waals surface area (Å²) in [4.78, 5) is 0. The van der Waals surface area contributed by atoms with E-state index in [9.17, 15) is 12.3 Å². The summed E-state index contributed by atoms with van der Waals surface area (Å²) < 4.78 is 35.3. The third-order valence-corrected chi connectivity index (χ3v) is 3.32. The van der Waals surface area contributed by atoms with Gasteiger partial charge in [0.15, 0.2) is 0 Å². The van der Waals surface area contributed by atoms with Crippen LogP contribution in [0.15, 0.2) is 24.3 Å². The number of rotatable bonds is 7. The first-order chi connectivity index (χ1) is 11.3. The van der Waals surface area contributed by atoms with Crippen LogP contribution in [0, 0.1) is 0 Å². The van der Waals surface area contributed by atoms with Crippen LogP contribution < -0.4 is 5.19 Å². The van der Waals surface area contributed by atoms with Crippen molar-refractivity contribution in [2.24, 2.45) is 0 Å². The Morgan fingerprint density at radius 2 is 0.880 bits per heavy atom. The zero-order valence-electron chi connectivity index (χ0n) is 16.5. The van der Waals surface area contributed by atoms with Crippen LogP contribution in [-0.4, -0.2) is 48.3 Å². The molecule has 0 atom stereocenters. The Balaban J connectivity index is -0.000000122. The van der Waals surface area contributed by atoms with E-state index in [1.54, 1.807) is 0 Å². The Hall–Kier alpha value is 0.120. The Bertz CT molecular complexity index is 290. The van der Waals surface area contributed by atoms with Crippen LogP contribution in [0.5, 0.6) is 0 Å². The molecule has 146 valence electrons. The molecule has 0 spiro atoms. The molecule has 0 saturated carbocycles. The van der Waals surface area contributed by atoms with Gasteiger partial charge in [-0.3, -0.25) is 0 Å². The maximum atomic E-state index is 11.8. The van der Waals surface area contributed by atoms with E-state index in [2.05, 4.69) is 16.0 Å². The number of nitrogens with zero attached hydrogens (tertiary/aromatic N) is 3. The Kier molecular flexibility index (Phi) is 34.5. The van der Waals surface area contributed by atoms with Crippen LogP contribution >= 0.6 is 0 Å². The van der Waals surface area contributed by atoms with Crippen LogP contribution in [0.2, 0.25) is 0 Å². The van der Waals surface area contributed by atoms with Crippen molar-refractivity contribution in [1.29, 1.82) is 0 Å². The zero-order valence-corrected chi connectivity index (χ0v) is 20.0. The van der Waals surface area contributed by atoms with Gasteiger partial charge in [-0.15, -0.1) is 0 Å². The van der Waals surface area contributed by atoms with Gasteiger partial charge in [0.1, 0.15) is 0 Å². The molecule has 0 unspecified atom stereocenters. The Labute approximate surface area is 173 Å². The summed E-state index contributed by atoms with van der Waals surface area (Å²) in [6.07, 6.45) is 0. The quantitative estimate of drug-likeness (QED) is 0.289. The third-order valence-electron chi connectivity index (χ3n) is 2.33. The first-order valence-electron chi connectivity index (χ1n) is 8.53. The van der Waals surface area contributed by atoms with E-state index in [-0.39, 0.29) is 26.2 Å². The molecule has 0 amide bonds. The first kappa shape index (κ1) is 32.8. The van der Waals surface area contributed by atoms with E-state index < -0.39 is 14.3 Å². The molecule has 25 heavy (non-hydrogen) atoms. The molecule has 1 aromatic carbocycles. The predicted octanol–water partition coefficient (Wildman–Crippen LogP) is 5.66. The maximum Gasteiger partial charge on any atom is 4.00 e. The van der Waals surface area contributed by atoms with Gasteiger partial charge < -0.3 is 16.0 Å². The molecule has 1 aromatic rings. The van der Waals surface area contributed by atoms with Crippen LogP contribution in [-0.2, 0) is 26.2 Å². The molecule has 0 radical (unpaired) electrons. The van der Waals surface area contributed by atoms with Crippen molar-refractivity contribution in [3.8, 4) is 0 Å². The minimum absolute atomic E-state index is 0. The van der Waals surface area contributed by atoms with Crippen molar-refractivity contribution in [1.82, 2.24) is 0 Å². The summed E-state index contributed by atoms with van der Waals surface area (Å²) in [6, 6.07) is 5.00. The fourth-order valence-corrected chi connectivity index (χ4v) is 1.80. The van der Waals surface area contributed by atoms with E-state index in [0.29, 0.717) is 0 Å². The molecule has 0 saturated heterocycles. The molecule has 0 heterocycles. The second-order valence-corrected chi connectivity index (χ2v) is 5.81. The van der Waals surface area contributed by atoms with Gasteiger partial charge in [0.2, 0.25) is 0 Å². The summed E-state index contributed by atoms with van der Waals surface area (Å²) in [6.45, 7) is 18.1. The normalized spacial score (nSPS) is 9.32. The van der Waals surface area contributed by atoms with Crippen molar-refractivity contribution in [3.05, 3.63) is 40.2 Å². The van der Waals surface area contributed by atoms with Gasteiger partial charge in [0, 0.05) is 0 Å². The maximum absolute atomic E-state index is 11.8. The van der Waals surface area contributed by atoms with Crippen molar-refractivity contribution >= 4 is 14.3 Å². The second-order valence-electron chi connectivity index (χ2n) is 4.24. The van der Waals surface area contributed by atoms with E-state index in [1.807, 2.05) is 41.5 Å². The van der Waals surface area contributed by atoms with Crippen molar-refractivity contribution in [3.63, 3.8) is 0 Å². The van der Waals surface area contributed by atoms with Gasteiger partial charge in [0.05, 0.1) is 0 Å². The first-order valence-corrected chi connectivity index (χ1v) is 10.2. The minimum Gasteiger partial charge on any atom is -0.663 e. The SMILES string of the molecule is CC[N-]CC.CC[N-]CC.CC[N-]CC.F[Si](F)(F)[c-]1cccc1.[Zr+4]. The molecular weight excluding hydrogens is 423 g/mol. The van der Waals surface area contributed by atoms with Gasteiger partial charge in [-0.1, -0.05) is 46.7 Å². The van der Waals surface area contributed by atoms with Gasteiger partial charge in [-0.25, -0.2) is 24.5 Å². The Morgan fingerprint density at radius 1 is 0.640 bits per heavy atom. The molecule has 0 aromatic heterocycles. The molecule has 0 N–H and O–H groups in total. The van der Waals surface area contributed by atoms with Gasteiger partial charge >= 0.3 is 35.3 Å². The summed E-state index contributed by atoms with van der Waals surface area (Å²) in [5.74, 6) is 0. The molecular formula is C17H34F3N3SiZr. The van der Waals surface area contributed by atoms with E-state index in [4.69, 9.17) is 0 Å². The fraction of sp³-hybridized carbons (Fsp3) is 0.706. The van der Waals surface area contributed by atoms with Crippen molar-refractivity contribution in [2.75, 3.05) is 39.3 Å². The van der Waals surface area contributed by atoms with Crippen LogP contribution in [0.1, 0.15) is 41.5 Å². The second kappa shape index (κ2) is 26.4. The van der Waals surface area contributed by atoms with Crippen molar-refractivity contribution in [2.45, 2.75) is 41.5 Å². The summed E-state index contributed by atoms with van der Waals surface area (Å²) in [5.41, 5.74) is 0. The molecule has 0 aliphatic heterocycles. The number of hydrogen-bond donors (Lipinski definition) is 0. The van der Waals surface area contributed by atoms with Gasteiger partial charge in [-0.2, -0.15) is 51.4 Å². The smallest absolute Gasteiger partial charge is 0.663 e. The van der Waals surface area contributed by atoms with Gasteiger partial charge in [0.25, 0.3) is 0 Å². The Morgan fingerprint density at radius 3 is 0.960 bits per heavy atom. The predicted molar refractivity (Wildman–Crippen MR) is 104 cm³/mol. The minimum atomic E-state index is -5.48. The third kappa shape index (κ3) is 32.3. The van der Waals surface area contributed by atoms with E-state index in [1.165, 1.54) is 12.1 Å². The molecule has 0 aliphatic carbocycles. The van der Waals surface area contributed by atoms with E-state index in [0.717, 1.165) is 51.4 Å². The fourth-order valence-electron chi connectivity index (χ4n) is 1.23. The summed E-state index contributed by atoms with van der Waals surface area (Å²) in [5, 5.41) is 11.5. The topological polar surface area (TPSA) is 42.3 Å². The molecule has 1 rings (SSSR count). The molecule has 0 aliphatic rings. The molecule has 8 heteroatoms. The van der Waals surface area contributed by atoms with Crippen LogP contribution in [0.25, 0.3) is 16.0 Å². The molecule has 0 bridgehead atoms. The molecule has 3 nitrogen and oxygen atoms in total. The van der Waals surface area contributed by atoms with Crippen molar-refractivity contribution < 1.29 is 38.5 Å². The standard InChI is InChI=1S/C5H4F3Si.3C4H10N.Zr/c6-9(7,8)5-3-1-2-4-5;3*1-3-5-4-2;/h1-4H;3*3-4H2,1-2H3;/q4*-1;+4. The number of hydrogen-bond acceptors (Lipinski definition) is 0. The van der Waals surface area contributed by atoms with Gasteiger partial charge in [-0.05, 0) is 0 Å². The number of halogens is 3. The average Bonchev–Trinajstić information content (AvgIpc) is 3.06. The van der Waals surface area contributed by atoms with Crippen LogP contribution in [0.4, 0.5) is 12.3 Å². The largest absolute Gasteiger partial charge is 4.00 e. The molecule has 0 fully saturated rings. The van der Waals surface area contributed by atoms with Crippen LogP contribution in [0.3, 0.4) is 0 Å².